The Morgan fingerprint density at radius 2 is 2.10 bits per heavy atom. The molecule has 0 aliphatic carbocycles. The van der Waals surface area contributed by atoms with E-state index in [0.29, 0.717) is 0 Å². The molecule has 2 N–H and O–H groups in total. The molecule has 1 aromatic carbocycles. The number of aryl methyl sites for hydroxylation is 2. The van der Waals surface area contributed by atoms with Crippen LogP contribution in [-0.2, 0) is 20.0 Å². The maximum Gasteiger partial charge on any atom is 0.0767 e. The van der Waals surface area contributed by atoms with Gasteiger partial charge in [0.15, 0.2) is 0 Å². The number of nitrogen functional groups attached to an aromatic ring is 1. The number of fused-ring (bicyclic) bond motifs is 1. The second-order valence-electron chi connectivity index (χ2n) is 4.95. The van der Waals surface area contributed by atoms with Gasteiger partial charge in [-0.15, -0.1) is 0 Å². The Balaban J connectivity index is 2.03. The average Bonchev–Trinajstić information content (AvgIpc) is 2.94. The summed E-state index contributed by atoms with van der Waals surface area (Å²) < 4.78 is 5.28. The SMILES string of the molecule is CCc1nn(C)c(Cn2ccc3cc(N)ccc32)c1Br. The van der Waals surface area contributed by atoms with E-state index in [9.17, 15) is 0 Å². The molecule has 0 saturated heterocycles. The summed E-state index contributed by atoms with van der Waals surface area (Å²) in [6, 6.07) is 8.10. The quantitative estimate of drug-likeness (QED) is 0.748. The van der Waals surface area contributed by atoms with E-state index in [4.69, 9.17) is 5.73 Å². The molecule has 20 heavy (non-hydrogen) atoms. The van der Waals surface area contributed by atoms with Crippen LogP contribution in [0.15, 0.2) is 34.9 Å². The Bertz CT molecular complexity index is 770. The van der Waals surface area contributed by atoms with Crippen molar-refractivity contribution in [2.24, 2.45) is 7.05 Å². The van der Waals surface area contributed by atoms with Crippen LogP contribution in [0.25, 0.3) is 10.9 Å². The third kappa shape index (κ3) is 2.12. The summed E-state index contributed by atoms with van der Waals surface area (Å²) in [5.41, 5.74) is 10.1. The molecule has 0 amide bonds. The Morgan fingerprint density at radius 1 is 1.30 bits per heavy atom. The van der Waals surface area contributed by atoms with Gasteiger partial charge in [0.25, 0.3) is 0 Å². The van der Waals surface area contributed by atoms with E-state index in [1.807, 2.05) is 23.9 Å². The van der Waals surface area contributed by atoms with Crippen LogP contribution in [0.3, 0.4) is 0 Å². The number of rotatable bonds is 3. The predicted octanol–water partition coefficient (Wildman–Crippen LogP) is 3.33. The molecular formula is C15H17BrN4. The van der Waals surface area contributed by atoms with Crippen LogP contribution < -0.4 is 5.73 Å². The van der Waals surface area contributed by atoms with Gasteiger partial charge in [0, 0.05) is 29.8 Å². The lowest BCUT2D eigenvalue weighted by Crippen LogP contribution is -2.05. The van der Waals surface area contributed by atoms with Crippen molar-refractivity contribution < 1.29 is 0 Å². The first-order valence-electron chi connectivity index (χ1n) is 6.64. The number of nitrogens with two attached hydrogens (primary N) is 1. The number of nitrogens with zero attached hydrogens (tertiary/aromatic N) is 3. The normalized spacial score (nSPS) is 11.3. The van der Waals surface area contributed by atoms with Crippen LogP contribution in [0.2, 0.25) is 0 Å². The molecule has 0 atom stereocenters. The number of hydrogen-bond donors (Lipinski definition) is 1. The maximum absolute atomic E-state index is 5.82. The molecule has 0 saturated carbocycles. The van der Waals surface area contributed by atoms with Gasteiger partial charge >= 0.3 is 0 Å². The Kier molecular flexibility index (Phi) is 3.30. The van der Waals surface area contributed by atoms with Crippen LogP contribution in [0, 0.1) is 0 Å². The van der Waals surface area contributed by atoms with Gasteiger partial charge in [0.1, 0.15) is 0 Å². The molecule has 3 aromatic rings. The average molecular weight is 333 g/mol. The van der Waals surface area contributed by atoms with Gasteiger partial charge in [-0.25, -0.2) is 0 Å². The third-order valence-electron chi connectivity index (χ3n) is 3.62. The summed E-state index contributed by atoms with van der Waals surface area (Å²) in [7, 11) is 1.99. The Morgan fingerprint density at radius 3 is 2.80 bits per heavy atom. The number of anilines is 1. The lowest BCUT2D eigenvalue weighted by Gasteiger charge is -2.07. The predicted molar refractivity (Wildman–Crippen MR) is 85.7 cm³/mol. The summed E-state index contributed by atoms with van der Waals surface area (Å²) in [6.45, 7) is 2.90. The molecule has 0 unspecified atom stereocenters. The summed E-state index contributed by atoms with van der Waals surface area (Å²) >= 11 is 3.67. The van der Waals surface area contributed by atoms with E-state index in [0.717, 1.165) is 28.8 Å². The van der Waals surface area contributed by atoms with Crippen LogP contribution in [0.5, 0.6) is 0 Å². The number of hydrogen-bond acceptors (Lipinski definition) is 2. The number of aromatic nitrogens is 3. The molecule has 5 heteroatoms. The van der Waals surface area contributed by atoms with E-state index in [1.165, 1.54) is 16.6 Å². The van der Waals surface area contributed by atoms with Gasteiger partial charge in [-0.2, -0.15) is 5.10 Å². The van der Waals surface area contributed by atoms with Gasteiger partial charge < -0.3 is 10.3 Å². The van der Waals surface area contributed by atoms with Gasteiger partial charge in [0.05, 0.1) is 22.4 Å². The zero-order valence-corrected chi connectivity index (χ0v) is 13.2. The van der Waals surface area contributed by atoms with Crippen LogP contribution in [-0.4, -0.2) is 14.3 Å². The minimum atomic E-state index is 0.789. The first-order chi connectivity index (χ1) is 9.60. The van der Waals surface area contributed by atoms with E-state index >= 15 is 0 Å². The second-order valence-corrected chi connectivity index (χ2v) is 5.74. The topological polar surface area (TPSA) is 48.8 Å². The molecule has 0 spiro atoms. The molecule has 0 aliphatic rings. The lowest BCUT2D eigenvalue weighted by atomic mass is 10.2. The monoisotopic (exact) mass is 332 g/mol. The summed E-state index contributed by atoms with van der Waals surface area (Å²) in [5.74, 6) is 0. The molecule has 4 nitrogen and oxygen atoms in total. The molecule has 0 bridgehead atoms. The number of halogens is 1. The summed E-state index contributed by atoms with van der Waals surface area (Å²) in [4.78, 5) is 0. The van der Waals surface area contributed by atoms with E-state index in [2.05, 4.69) is 50.8 Å². The minimum absolute atomic E-state index is 0.789. The first-order valence-corrected chi connectivity index (χ1v) is 7.44. The van der Waals surface area contributed by atoms with E-state index < -0.39 is 0 Å². The smallest absolute Gasteiger partial charge is 0.0767 e. The number of benzene rings is 1. The van der Waals surface area contributed by atoms with Crippen LogP contribution >= 0.6 is 15.9 Å². The molecule has 3 rings (SSSR count). The van der Waals surface area contributed by atoms with Crippen molar-refractivity contribution in [1.29, 1.82) is 0 Å². The molecule has 104 valence electrons. The molecule has 2 aromatic heterocycles. The third-order valence-corrected chi connectivity index (χ3v) is 4.53. The highest BCUT2D eigenvalue weighted by molar-refractivity contribution is 9.10. The fourth-order valence-electron chi connectivity index (χ4n) is 2.51. The highest BCUT2D eigenvalue weighted by Crippen LogP contribution is 2.25. The molecular weight excluding hydrogens is 316 g/mol. The van der Waals surface area contributed by atoms with Crippen molar-refractivity contribution in [3.63, 3.8) is 0 Å². The van der Waals surface area contributed by atoms with Crippen molar-refractivity contribution in [3.8, 4) is 0 Å². The molecule has 0 radical (unpaired) electrons. The fourth-order valence-corrected chi connectivity index (χ4v) is 3.25. The zero-order valence-electron chi connectivity index (χ0n) is 11.6. The van der Waals surface area contributed by atoms with Gasteiger partial charge in [-0.1, -0.05) is 6.92 Å². The van der Waals surface area contributed by atoms with Gasteiger partial charge in [-0.05, 0) is 46.6 Å². The lowest BCUT2D eigenvalue weighted by molar-refractivity contribution is 0.668. The van der Waals surface area contributed by atoms with Crippen molar-refractivity contribution in [2.75, 3.05) is 5.73 Å². The maximum atomic E-state index is 5.82. The van der Waals surface area contributed by atoms with Crippen molar-refractivity contribution in [3.05, 3.63) is 46.3 Å². The summed E-state index contributed by atoms with van der Waals surface area (Å²) in [5, 5.41) is 5.71. The van der Waals surface area contributed by atoms with E-state index in [1.54, 1.807) is 0 Å². The Hall–Kier alpha value is -1.75. The van der Waals surface area contributed by atoms with Crippen molar-refractivity contribution in [1.82, 2.24) is 14.3 Å². The standard InChI is InChI=1S/C15H17BrN4/c1-3-12-15(16)14(19(2)18-12)9-20-7-6-10-8-11(17)4-5-13(10)20/h4-8H,3,9,17H2,1-2H3. The molecule has 2 heterocycles. The first kappa shape index (κ1) is 13.2. The minimum Gasteiger partial charge on any atom is -0.399 e. The van der Waals surface area contributed by atoms with Crippen molar-refractivity contribution >= 4 is 32.5 Å². The van der Waals surface area contributed by atoms with Crippen LogP contribution in [0.1, 0.15) is 18.3 Å². The largest absolute Gasteiger partial charge is 0.399 e. The zero-order chi connectivity index (χ0) is 14.3. The second kappa shape index (κ2) is 4.98. The van der Waals surface area contributed by atoms with Crippen LogP contribution in [0.4, 0.5) is 5.69 Å². The summed E-state index contributed by atoms with van der Waals surface area (Å²) in [6.07, 6.45) is 3.02. The fraction of sp³-hybridized carbons (Fsp3) is 0.267. The Labute approximate surface area is 126 Å². The molecule has 0 aliphatic heterocycles. The van der Waals surface area contributed by atoms with Gasteiger partial charge in [0.2, 0.25) is 0 Å². The molecule has 0 fully saturated rings. The highest BCUT2D eigenvalue weighted by atomic mass is 79.9. The van der Waals surface area contributed by atoms with Gasteiger partial charge in [-0.3, -0.25) is 4.68 Å². The van der Waals surface area contributed by atoms with E-state index in [-0.39, 0.29) is 0 Å². The van der Waals surface area contributed by atoms with Crippen molar-refractivity contribution in [2.45, 2.75) is 19.9 Å². The highest BCUT2D eigenvalue weighted by Gasteiger charge is 2.13.